The molecule has 0 atom stereocenters. The fraction of sp³-hybridized carbons (Fsp3) is 0.500. The number of nitrogens with one attached hydrogen (secondary N) is 1. The van der Waals surface area contributed by atoms with Crippen LogP contribution in [0.2, 0.25) is 0 Å². The summed E-state index contributed by atoms with van der Waals surface area (Å²) in [6.07, 6.45) is 2.91. The number of nitriles is 1. The number of likely N-dealkylation sites (tertiary alicyclic amines) is 1. The van der Waals surface area contributed by atoms with Gasteiger partial charge in [0.05, 0.1) is 18.2 Å². The number of methoxy groups -OCH3 is 1. The van der Waals surface area contributed by atoms with Crippen LogP contribution in [0.5, 0.6) is 0 Å². The number of ether oxygens (including phenoxy) is 1. The predicted octanol–water partition coefficient (Wildman–Crippen LogP) is 2.24. The molecule has 126 valence electrons. The van der Waals surface area contributed by atoms with E-state index in [4.69, 9.17) is 10.00 Å². The quantitative estimate of drug-likeness (QED) is 0.881. The molecule has 0 bridgehead atoms. The minimum Gasteiger partial charge on any atom is -0.384 e. The molecule has 0 aliphatic carbocycles. The Morgan fingerprint density at radius 3 is 2.96 bits per heavy atom. The Morgan fingerprint density at radius 2 is 2.21 bits per heavy atom. The molecule has 1 fully saturated rings. The van der Waals surface area contributed by atoms with Gasteiger partial charge in [-0.3, -0.25) is 10.00 Å². The standard InChI is InChI=1S/C18H23N5O/c1-24-10-7-17-20-18(22-21-17)16-5-8-23(9-6-16)13-15-4-2-3-14(11-15)12-19/h2-4,11,16H,5-10,13H2,1H3,(H,20,21,22). The number of nitrogens with zero attached hydrogens (tertiary/aromatic N) is 4. The first-order valence-electron chi connectivity index (χ1n) is 8.40. The average Bonchev–Trinajstić information content (AvgIpc) is 3.10. The molecule has 6 nitrogen and oxygen atoms in total. The largest absolute Gasteiger partial charge is 0.384 e. The zero-order chi connectivity index (χ0) is 16.8. The third kappa shape index (κ3) is 4.19. The second-order valence-electron chi connectivity index (χ2n) is 6.25. The minimum atomic E-state index is 0.430. The highest BCUT2D eigenvalue weighted by atomic mass is 16.5. The first kappa shape index (κ1) is 16.6. The zero-order valence-electron chi connectivity index (χ0n) is 14.0. The number of benzene rings is 1. The summed E-state index contributed by atoms with van der Waals surface area (Å²) >= 11 is 0. The fourth-order valence-electron chi connectivity index (χ4n) is 3.15. The average molecular weight is 325 g/mol. The summed E-state index contributed by atoms with van der Waals surface area (Å²) in [7, 11) is 1.69. The second-order valence-corrected chi connectivity index (χ2v) is 6.25. The van der Waals surface area contributed by atoms with Crippen molar-refractivity contribution in [2.24, 2.45) is 0 Å². The maximum atomic E-state index is 9.00. The summed E-state index contributed by atoms with van der Waals surface area (Å²) in [5.74, 6) is 2.27. The van der Waals surface area contributed by atoms with E-state index in [0.29, 0.717) is 12.5 Å². The highest BCUT2D eigenvalue weighted by Crippen LogP contribution is 2.26. The van der Waals surface area contributed by atoms with Crippen molar-refractivity contribution >= 4 is 0 Å². The number of aromatic amines is 1. The van der Waals surface area contributed by atoms with Crippen LogP contribution in [0.25, 0.3) is 0 Å². The molecular weight excluding hydrogens is 302 g/mol. The molecule has 24 heavy (non-hydrogen) atoms. The Labute approximate surface area is 142 Å². The van der Waals surface area contributed by atoms with Gasteiger partial charge in [-0.25, -0.2) is 4.98 Å². The number of hydrogen-bond donors (Lipinski definition) is 1. The van der Waals surface area contributed by atoms with Gasteiger partial charge in [-0.2, -0.15) is 10.4 Å². The molecule has 3 rings (SSSR count). The van der Waals surface area contributed by atoms with Gasteiger partial charge in [0.1, 0.15) is 5.82 Å². The van der Waals surface area contributed by atoms with Gasteiger partial charge in [0, 0.05) is 26.0 Å². The maximum absolute atomic E-state index is 9.00. The van der Waals surface area contributed by atoms with E-state index in [2.05, 4.69) is 32.2 Å². The molecule has 1 N–H and O–H groups in total. The first-order valence-corrected chi connectivity index (χ1v) is 8.40. The highest BCUT2D eigenvalue weighted by molar-refractivity contribution is 5.32. The van der Waals surface area contributed by atoms with Gasteiger partial charge >= 0.3 is 0 Å². The molecule has 2 aromatic rings. The molecule has 2 heterocycles. The molecule has 0 saturated carbocycles. The molecule has 0 unspecified atom stereocenters. The Hall–Kier alpha value is -2.23. The second kappa shape index (κ2) is 8.04. The van der Waals surface area contributed by atoms with Gasteiger partial charge in [0.25, 0.3) is 0 Å². The fourth-order valence-corrected chi connectivity index (χ4v) is 3.15. The third-order valence-corrected chi connectivity index (χ3v) is 4.51. The van der Waals surface area contributed by atoms with Crippen LogP contribution in [-0.4, -0.2) is 46.9 Å². The summed E-state index contributed by atoms with van der Waals surface area (Å²) in [5.41, 5.74) is 1.93. The summed E-state index contributed by atoms with van der Waals surface area (Å²) in [5, 5.41) is 16.4. The van der Waals surface area contributed by atoms with Crippen LogP contribution in [0.4, 0.5) is 0 Å². The van der Waals surface area contributed by atoms with Gasteiger partial charge in [-0.05, 0) is 43.6 Å². The summed E-state index contributed by atoms with van der Waals surface area (Å²) < 4.78 is 5.07. The molecule has 0 amide bonds. The first-order chi connectivity index (χ1) is 11.8. The van der Waals surface area contributed by atoms with Crippen molar-refractivity contribution in [2.75, 3.05) is 26.8 Å². The number of rotatable bonds is 6. The van der Waals surface area contributed by atoms with Crippen molar-refractivity contribution in [3.05, 3.63) is 47.0 Å². The van der Waals surface area contributed by atoms with E-state index in [9.17, 15) is 0 Å². The Bertz CT molecular complexity index is 697. The summed E-state index contributed by atoms with van der Waals surface area (Å²) in [6, 6.07) is 10.1. The van der Waals surface area contributed by atoms with Crippen LogP contribution in [0.1, 0.15) is 41.5 Å². The maximum Gasteiger partial charge on any atom is 0.153 e. The van der Waals surface area contributed by atoms with Crippen LogP contribution in [0.15, 0.2) is 24.3 Å². The van der Waals surface area contributed by atoms with E-state index in [-0.39, 0.29) is 0 Å². The molecule has 1 aromatic heterocycles. The molecule has 1 aliphatic heterocycles. The van der Waals surface area contributed by atoms with Crippen molar-refractivity contribution in [3.8, 4) is 6.07 Å². The molecule has 1 aliphatic rings. The van der Waals surface area contributed by atoms with Crippen LogP contribution in [0, 0.1) is 11.3 Å². The van der Waals surface area contributed by atoms with Gasteiger partial charge in [0.2, 0.25) is 0 Å². The van der Waals surface area contributed by atoms with Crippen molar-refractivity contribution < 1.29 is 4.74 Å². The van der Waals surface area contributed by atoms with Crippen LogP contribution >= 0.6 is 0 Å². The lowest BCUT2D eigenvalue weighted by Gasteiger charge is -2.30. The van der Waals surface area contributed by atoms with Crippen molar-refractivity contribution in [2.45, 2.75) is 31.7 Å². The molecule has 1 saturated heterocycles. The third-order valence-electron chi connectivity index (χ3n) is 4.51. The van der Waals surface area contributed by atoms with Crippen LogP contribution < -0.4 is 0 Å². The van der Waals surface area contributed by atoms with Crippen molar-refractivity contribution in [1.29, 1.82) is 5.26 Å². The SMILES string of the molecule is COCCc1nc(C2CCN(Cc3cccc(C#N)c3)CC2)n[nH]1. The molecular formula is C18H23N5O. The number of H-pyrrole nitrogens is 1. The lowest BCUT2D eigenvalue weighted by molar-refractivity contribution is 0.199. The number of hydrogen-bond acceptors (Lipinski definition) is 5. The Kier molecular flexibility index (Phi) is 5.57. The predicted molar refractivity (Wildman–Crippen MR) is 90.4 cm³/mol. The van der Waals surface area contributed by atoms with Crippen LogP contribution in [0.3, 0.4) is 0 Å². The topological polar surface area (TPSA) is 77.8 Å². The Balaban J connectivity index is 1.52. The van der Waals surface area contributed by atoms with Gasteiger partial charge in [0.15, 0.2) is 5.82 Å². The number of piperidine rings is 1. The van der Waals surface area contributed by atoms with Gasteiger partial charge < -0.3 is 4.74 Å². The Morgan fingerprint density at radius 1 is 1.38 bits per heavy atom. The zero-order valence-corrected chi connectivity index (χ0v) is 14.0. The number of aromatic nitrogens is 3. The molecule has 0 radical (unpaired) electrons. The van der Waals surface area contributed by atoms with E-state index < -0.39 is 0 Å². The smallest absolute Gasteiger partial charge is 0.153 e. The summed E-state index contributed by atoms with van der Waals surface area (Å²) in [4.78, 5) is 7.04. The van der Waals surface area contributed by atoms with Gasteiger partial charge in [-0.15, -0.1) is 0 Å². The van der Waals surface area contributed by atoms with Crippen molar-refractivity contribution in [1.82, 2.24) is 20.1 Å². The molecule has 0 spiro atoms. The monoisotopic (exact) mass is 325 g/mol. The normalized spacial score (nSPS) is 16.2. The lowest BCUT2D eigenvalue weighted by Crippen LogP contribution is -2.32. The van der Waals surface area contributed by atoms with Crippen molar-refractivity contribution in [3.63, 3.8) is 0 Å². The van der Waals surface area contributed by atoms with E-state index >= 15 is 0 Å². The minimum absolute atomic E-state index is 0.430. The van der Waals surface area contributed by atoms with Gasteiger partial charge in [-0.1, -0.05) is 12.1 Å². The lowest BCUT2D eigenvalue weighted by atomic mass is 9.95. The summed E-state index contributed by atoms with van der Waals surface area (Å²) in [6.45, 7) is 3.62. The van der Waals surface area contributed by atoms with E-state index in [0.717, 1.165) is 56.1 Å². The van der Waals surface area contributed by atoms with Crippen LogP contribution in [-0.2, 0) is 17.7 Å². The van der Waals surface area contributed by atoms with E-state index in [1.165, 1.54) is 5.56 Å². The van der Waals surface area contributed by atoms with E-state index in [1.54, 1.807) is 7.11 Å². The molecule has 1 aromatic carbocycles. The van der Waals surface area contributed by atoms with E-state index in [1.807, 2.05) is 18.2 Å². The molecule has 6 heteroatoms. The highest BCUT2D eigenvalue weighted by Gasteiger charge is 2.23.